The molecule has 2 rings (SSSR count). The number of hydrogen-bond donors (Lipinski definition) is 0. The van der Waals surface area contributed by atoms with Crippen molar-refractivity contribution in [2.24, 2.45) is 0 Å². The number of para-hydroxylation sites is 1. The summed E-state index contributed by atoms with van der Waals surface area (Å²) in [6.45, 7) is 2.61. The fourth-order valence-corrected chi connectivity index (χ4v) is 1.87. The van der Waals surface area contributed by atoms with Crippen LogP contribution in [0.15, 0.2) is 42.6 Å². The summed E-state index contributed by atoms with van der Waals surface area (Å²) in [4.78, 5) is 16.3. The molecular weight excluding hydrogens is 262 g/mol. The Balaban J connectivity index is 2.33. The van der Waals surface area contributed by atoms with Crippen LogP contribution in [0.1, 0.15) is 29.3 Å². The van der Waals surface area contributed by atoms with Gasteiger partial charge in [-0.15, -0.1) is 0 Å². The minimum absolute atomic E-state index is 0.115. The molecule has 0 atom stereocenters. The molecule has 0 radical (unpaired) electrons. The third-order valence-electron chi connectivity index (χ3n) is 2.58. The van der Waals surface area contributed by atoms with Crippen molar-refractivity contribution >= 4 is 17.4 Å². The lowest BCUT2D eigenvalue weighted by atomic mass is 10.0. The summed E-state index contributed by atoms with van der Waals surface area (Å²) in [6, 6.07) is 10.4. The summed E-state index contributed by atoms with van der Waals surface area (Å²) in [5, 5.41) is 0.304. The maximum absolute atomic E-state index is 12.4. The van der Waals surface area contributed by atoms with Crippen LogP contribution < -0.4 is 4.74 Å². The zero-order chi connectivity index (χ0) is 13.7. The van der Waals surface area contributed by atoms with Crippen LogP contribution in [-0.2, 0) is 0 Å². The van der Waals surface area contributed by atoms with Crippen LogP contribution in [-0.4, -0.2) is 17.4 Å². The predicted molar refractivity (Wildman–Crippen MR) is 74.9 cm³/mol. The summed E-state index contributed by atoms with van der Waals surface area (Å²) in [7, 11) is 0. The van der Waals surface area contributed by atoms with Crippen LogP contribution in [0.25, 0.3) is 0 Å². The molecule has 0 spiro atoms. The molecule has 1 aromatic carbocycles. The Morgan fingerprint density at radius 3 is 2.84 bits per heavy atom. The number of pyridine rings is 1. The normalized spacial score (nSPS) is 10.2. The first kappa shape index (κ1) is 13.6. The zero-order valence-electron chi connectivity index (χ0n) is 10.6. The number of nitrogens with zero attached hydrogens (tertiary/aromatic N) is 1. The van der Waals surface area contributed by atoms with Gasteiger partial charge in [0.1, 0.15) is 10.9 Å². The number of carbonyl (C=O) groups excluding carboxylic acids is 1. The Kier molecular flexibility index (Phi) is 4.53. The fourth-order valence-electron chi connectivity index (χ4n) is 1.69. The Morgan fingerprint density at radius 2 is 2.11 bits per heavy atom. The summed E-state index contributed by atoms with van der Waals surface area (Å²) < 4.78 is 5.59. The molecule has 0 unspecified atom stereocenters. The van der Waals surface area contributed by atoms with Crippen molar-refractivity contribution in [3.05, 3.63) is 58.9 Å². The molecule has 98 valence electrons. The van der Waals surface area contributed by atoms with E-state index in [1.54, 1.807) is 24.3 Å². The average Bonchev–Trinajstić information content (AvgIpc) is 2.44. The summed E-state index contributed by atoms with van der Waals surface area (Å²) in [6.07, 6.45) is 2.41. The van der Waals surface area contributed by atoms with E-state index in [4.69, 9.17) is 16.3 Å². The quantitative estimate of drug-likeness (QED) is 0.616. The minimum atomic E-state index is -0.115. The molecule has 1 aromatic heterocycles. The molecule has 0 saturated heterocycles. The van der Waals surface area contributed by atoms with E-state index in [2.05, 4.69) is 4.98 Å². The van der Waals surface area contributed by atoms with E-state index in [0.29, 0.717) is 28.6 Å². The highest BCUT2D eigenvalue weighted by molar-refractivity contribution is 6.30. The van der Waals surface area contributed by atoms with Gasteiger partial charge in [0.15, 0.2) is 5.78 Å². The van der Waals surface area contributed by atoms with Gasteiger partial charge in [-0.25, -0.2) is 4.98 Å². The number of aromatic nitrogens is 1. The van der Waals surface area contributed by atoms with Crippen molar-refractivity contribution < 1.29 is 9.53 Å². The van der Waals surface area contributed by atoms with Crippen molar-refractivity contribution in [1.29, 1.82) is 0 Å². The maximum atomic E-state index is 12.4. The monoisotopic (exact) mass is 275 g/mol. The second-order valence-corrected chi connectivity index (χ2v) is 4.43. The van der Waals surface area contributed by atoms with Crippen LogP contribution in [0.5, 0.6) is 5.75 Å². The number of ether oxygens (including phenoxy) is 1. The number of rotatable bonds is 5. The molecule has 0 fully saturated rings. The molecular formula is C15H14ClNO2. The molecule has 1 heterocycles. The lowest BCUT2D eigenvalue weighted by Gasteiger charge is -2.09. The van der Waals surface area contributed by atoms with Gasteiger partial charge in [0.25, 0.3) is 0 Å². The van der Waals surface area contributed by atoms with E-state index >= 15 is 0 Å². The van der Waals surface area contributed by atoms with Crippen LogP contribution >= 0.6 is 11.6 Å². The Labute approximate surface area is 117 Å². The van der Waals surface area contributed by atoms with E-state index in [9.17, 15) is 4.79 Å². The summed E-state index contributed by atoms with van der Waals surface area (Å²) in [5.41, 5.74) is 1.05. The fraction of sp³-hybridized carbons (Fsp3) is 0.200. The topological polar surface area (TPSA) is 39.2 Å². The Morgan fingerprint density at radius 1 is 1.32 bits per heavy atom. The van der Waals surface area contributed by atoms with Crippen molar-refractivity contribution in [3.8, 4) is 5.75 Å². The first-order chi connectivity index (χ1) is 9.22. The van der Waals surface area contributed by atoms with Crippen LogP contribution in [0.2, 0.25) is 5.15 Å². The second-order valence-electron chi connectivity index (χ2n) is 4.04. The van der Waals surface area contributed by atoms with Crippen LogP contribution in [0.3, 0.4) is 0 Å². The zero-order valence-corrected chi connectivity index (χ0v) is 11.4. The predicted octanol–water partition coefficient (Wildman–Crippen LogP) is 3.75. The van der Waals surface area contributed by atoms with Gasteiger partial charge in [-0.1, -0.05) is 30.7 Å². The minimum Gasteiger partial charge on any atom is -0.493 e. The van der Waals surface area contributed by atoms with Gasteiger partial charge in [0.05, 0.1) is 12.2 Å². The highest BCUT2D eigenvalue weighted by Gasteiger charge is 2.14. The molecule has 4 heteroatoms. The molecule has 19 heavy (non-hydrogen) atoms. The van der Waals surface area contributed by atoms with Crippen molar-refractivity contribution in [1.82, 2.24) is 4.98 Å². The highest BCUT2D eigenvalue weighted by atomic mass is 35.5. The van der Waals surface area contributed by atoms with Gasteiger partial charge in [-0.2, -0.15) is 0 Å². The highest BCUT2D eigenvalue weighted by Crippen LogP contribution is 2.22. The van der Waals surface area contributed by atoms with Crippen LogP contribution in [0.4, 0.5) is 0 Å². The largest absolute Gasteiger partial charge is 0.493 e. The van der Waals surface area contributed by atoms with Crippen molar-refractivity contribution in [2.45, 2.75) is 13.3 Å². The summed E-state index contributed by atoms with van der Waals surface area (Å²) >= 11 is 5.81. The number of ketones is 1. The van der Waals surface area contributed by atoms with Gasteiger partial charge in [0.2, 0.25) is 0 Å². The maximum Gasteiger partial charge on any atom is 0.196 e. The molecule has 0 amide bonds. The van der Waals surface area contributed by atoms with Gasteiger partial charge in [-0.05, 0) is 30.7 Å². The molecule has 0 saturated carbocycles. The molecule has 0 aliphatic heterocycles. The number of carbonyl (C=O) groups is 1. The van der Waals surface area contributed by atoms with E-state index in [0.717, 1.165) is 6.42 Å². The third-order valence-corrected chi connectivity index (χ3v) is 2.79. The van der Waals surface area contributed by atoms with Gasteiger partial charge in [0, 0.05) is 11.8 Å². The smallest absolute Gasteiger partial charge is 0.196 e. The summed E-state index contributed by atoms with van der Waals surface area (Å²) in [5.74, 6) is 0.485. The van der Waals surface area contributed by atoms with E-state index < -0.39 is 0 Å². The SMILES string of the molecule is CCCOc1ccccc1C(=O)c1ccnc(Cl)c1. The molecule has 2 aromatic rings. The van der Waals surface area contributed by atoms with Crippen molar-refractivity contribution in [2.75, 3.05) is 6.61 Å². The second kappa shape index (κ2) is 6.34. The Hall–Kier alpha value is -1.87. The first-order valence-corrected chi connectivity index (χ1v) is 6.48. The molecule has 3 nitrogen and oxygen atoms in total. The molecule has 0 aliphatic carbocycles. The van der Waals surface area contributed by atoms with Gasteiger partial charge < -0.3 is 4.74 Å². The number of halogens is 1. The third kappa shape index (κ3) is 3.32. The van der Waals surface area contributed by atoms with Crippen LogP contribution in [0, 0.1) is 0 Å². The number of benzene rings is 1. The van der Waals surface area contributed by atoms with Gasteiger partial charge >= 0.3 is 0 Å². The Bertz CT molecular complexity index is 584. The lowest BCUT2D eigenvalue weighted by Crippen LogP contribution is -2.06. The standard InChI is InChI=1S/C15H14ClNO2/c1-2-9-19-13-6-4-3-5-12(13)15(18)11-7-8-17-14(16)10-11/h3-8,10H,2,9H2,1H3. The average molecular weight is 276 g/mol. The molecule has 0 N–H and O–H groups in total. The van der Waals surface area contributed by atoms with Gasteiger partial charge in [-0.3, -0.25) is 4.79 Å². The van der Waals surface area contributed by atoms with E-state index in [-0.39, 0.29) is 5.78 Å². The molecule has 0 bridgehead atoms. The molecule has 0 aliphatic rings. The lowest BCUT2D eigenvalue weighted by molar-refractivity contribution is 0.103. The van der Waals surface area contributed by atoms with E-state index in [1.807, 2.05) is 19.1 Å². The van der Waals surface area contributed by atoms with E-state index in [1.165, 1.54) is 6.20 Å². The number of hydrogen-bond acceptors (Lipinski definition) is 3. The first-order valence-electron chi connectivity index (χ1n) is 6.10. The van der Waals surface area contributed by atoms with Crippen molar-refractivity contribution in [3.63, 3.8) is 0 Å².